The van der Waals surface area contributed by atoms with E-state index in [0.29, 0.717) is 12.8 Å². The van der Waals surface area contributed by atoms with Crippen molar-refractivity contribution in [1.29, 1.82) is 0 Å². The minimum absolute atomic E-state index is 0. The Morgan fingerprint density at radius 2 is 0.371 bits per heavy atom. The third-order valence-corrected chi connectivity index (χ3v) is 17.8. The van der Waals surface area contributed by atoms with Crippen LogP contribution in [-0.4, -0.2) is 96.9 Å². The predicted molar refractivity (Wildman–Crippen MR) is 377 cm³/mol. The Labute approximate surface area is 611 Å². The van der Waals surface area contributed by atoms with Crippen LogP contribution in [0.1, 0.15) is 419 Å². The van der Waals surface area contributed by atoms with Gasteiger partial charge in [-0.05, 0) is 59.7 Å². The molecular formula is C74H157ClN2Na2O8S2. The van der Waals surface area contributed by atoms with Crippen LogP contribution in [0.3, 0.4) is 0 Å². The van der Waals surface area contributed by atoms with Crippen molar-refractivity contribution in [1.82, 2.24) is 4.90 Å². The van der Waals surface area contributed by atoms with Crippen LogP contribution in [0.4, 0.5) is 0 Å². The molecule has 0 rings (SSSR count). The molecule has 0 N–H and O–H groups in total. The molecule has 532 valence electrons. The molecule has 0 aromatic rings. The van der Waals surface area contributed by atoms with Crippen LogP contribution in [0.15, 0.2) is 0 Å². The van der Waals surface area contributed by atoms with Gasteiger partial charge in [0.1, 0.15) is 0 Å². The SMILES string of the molecule is CCCCCCCCCCCCCCCCCCCCCCC[N+](C)(C)CCCCCCCCCCCCCCCCCC.CCCCCCCCCCCCCCCCOS(=O)(=O)[O-].CCCCCCCCCCCCOS(=O)(=O)[O-].CN(C)C.[Cl-].[Na+].[Na+]. The summed E-state index contributed by atoms with van der Waals surface area (Å²) in [7, 11) is 1.97. The fourth-order valence-electron chi connectivity index (χ4n) is 11.4. The van der Waals surface area contributed by atoms with Gasteiger partial charge in [0.25, 0.3) is 0 Å². The number of halogens is 1. The molecule has 0 atom stereocenters. The van der Waals surface area contributed by atoms with Crippen molar-refractivity contribution >= 4 is 20.8 Å². The van der Waals surface area contributed by atoms with Gasteiger partial charge in [0.15, 0.2) is 0 Å². The first-order valence-electron chi connectivity index (χ1n) is 38.1. The molecule has 0 radical (unpaired) electrons. The second-order valence-corrected chi connectivity index (χ2v) is 29.4. The summed E-state index contributed by atoms with van der Waals surface area (Å²) in [6.07, 6.45) is 83.5. The number of unbranched alkanes of at least 4 members (excludes halogenated alkanes) is 57. The molecule has 0 heterocycles. The van der Waals surface area contributed by atoms with Crippen molar-refractivity contribution in [2.45, 2.75) is 419 Å². The van der Waals surface area contributed by atoms with Gasteiger partial charge in [0, 0.05) is 0 Å². The van der Waals surface area contributed by atoms with E-state index in [1.807, 2.05) is 26.0 Å². The Balaban J connectivity index is -0.000000247. The van der Waals surface area contributed by atoms with Crippen LogP contribution in [0.5, 0.6) is 0 Å². The largest absolute Gasteiger partial charge is 1.00 e. The van der Waals surface area contributed by atoms with Gasteiger partial charge in [0.2, 0.25) is 20.8 Å². The molecule has 0 aliphatic rings. The van der Waals surface area contributed by atoms with Crippen molar-refractivity contribution in [3.8, 4) is 0 Å². The molecular weight excluding hydrogens is 1190 g/mol. The van der Waals surface area contributed by atoms with Crippen LogP contribution in [0.2, 0.25) is 0 Å². The fourth-order valence-corrected chi connectivity index (χ4v) is 12.0. The number of quaternary nitrogens is 1. The van der Waals surface area contributed by atoms with Gasteiger partial charge in [-0.3, -0.25) is 8.37 Å². The van der Waals surface area contributed by atoms with E-state index < -0.39 is 20.8 Å². The molecule has 0 saturated carbocycles. The zero-order valence-electron chi connectivity index (χ0n) is 62.3. The quantitative estimate of drug-likeness (QED) is 0.0192. The Hall–Kier alpha value is 1.95. The third-order valence-electron chi connectivity index (χ3n) is 16.9. The van der Waals surface area contributed by atoms with Crippen molar-refractivity contribution in [2.75, 3.05) is 61.5 Å². The van der Waals surface area contributed by atoms with E-state index in [0.717, 1.165) is 25.7 Å². The van der Waals surface area contributed by atoms with Crippen molar-refractivity contribution in [3.05, 3.63) is 0 Å². The second kappa shape index (κ2) is 88.0. The summed E-state index contributed by atoms with van der Waals surface area (Å²) in [5.41, 5.74) is 0. The van der Waals surface area contributed by atoms with E-state index in [9.17, 15) is 25.9 Å². The van der Waals surface area contributed by atoms with Gasteiger partial charge < -0.3 is 30.9 Å². The summed E-state index contributed by atoms with van der Waals surface area (Å²) < 4.78 is 70.4. The van der Waals surface area contributed by atoms with Gasteiger partial charge >= 0.3 is 59.1 Å². The molecule has 0 amide bonds. The number of hydrogen-bond acceptors (Lipinski definition) is 9. The normalized spacial score (nSPS) is 11.4. The molecule has 0 fully saturated rings. The van der Waals surface area contributed by atoms with E-state index in [2.05, 4.69) is 50.2 Å². The molecule has 89 heavy (non-hydrogen) atoms. The Morgan fingerprint density at radius 1 is 0.258 bits per heavy atom. The molecule has 0 saturated heterocycles. The first-order valence-corrected chi connectivity index (χ1v) is 40.8. The summed E-state index contributed by atoms with van der Waals surface area (Å²) in [5, 5.41) is 0. The van der Waals surface area contributed by atoms with Crippen LogP contribution >= 0.6 is 0 Å². The van der Waals surface area contributed by atoms with Gasteiger partial charge in [-0.25, -0.2) is 16.8 Å². The predicted octanol–water partition coefficient (Wildman–Crippen LogP) is 15.1. The summed E-state index contributed by atoms with van der Waals surface area (Å²) in [6, 6.07) is 0. The zero-order chi connectivity index (χ0) is 64.5. The summed E-state index contributed by atoms with van der Waals surface area (Å²) in [4.78, 5) is 2.00. The molecule has 10 nitrogen and oxygen atoms in total. The molecule has 0 bridgehead atoms. The second-order valence-electron chi connectivity index (χ2n) is 27.3. The average Bonchev–Trinajstić information content (AvgIpc) is 3.48. The summed E-state index contributed by atoms with van der Waals surface area (Å²) in [5.74, 6) is 0. The maximum absolute atomic E-state index is 10.2. The summed E-state index contributed by atoms with van der Waals surface area (Å²) in [6.45, 7) is 11.9. The Bertz CT molecular complexity index is 1450. The molecule has 15 heteroatoms. The maximum Gasteiger partial charge on any atom is 1.00 e. The molecule has 0 aliphatic heterocycles. The smallest absolute Gasteiger partial charge is 1.00 e. The minimum Gasteiger partial charge on any atom is -1.00 e. The van der Waals surface area contributed by atoms with Crippen molar-refractivity contribution in [2.24, 2.45) is 0 Å². The maximum atomic E-state index is 10.2. The van der Waals surface area contributed by atoms with E-state index in [-0.39, 0.29) is 84.7 Å². The van der Waals surface area contributed by atoms with Crippen molar-refractivity contribution < 1.29 is 110 Å². The number of hydrogen-bond donors (Lipinski definition) is 0. The van der Waals surface area contributed by atoms with Gasteiger partial charge in [0.05, 0.1) is 40.4 Å². The van der Waals surface area contributed by atoms with Crippen LogP contribution in [0.25, 0.3) is 0 Å². The van der Waals surface area contributed by atoms with Gasteiger partial charge in [-0.2, -0.15) is 0 Å². The zero-order valence-corrected chi connectivity index (χ0v) is 68.7. The van der Waals surface area contributed by atoms with Gasteiger partial charge in [-0.15, -0.1) is 0 Å². The van der Waals surface area contributed by atoms with E-state index in [4.69, 9.17) is 0 Å². The van der Waals surface area contributed by atoms with Crippen molar-refractivity contribution in [3.63, 3.8) is 0 Å². The molecule has 0 unspecified atom stereocenters. The van der Waals surface area contributed by atoms with E-state index in [1.54, 1.807) is 0 Å². The number of rotatable bonds is 67. The minimum atomic E-state index is -4.49. The standard InChI is InChI=1S/C43H90N.C16H34O4S.C12H26O4S.C3H9N.ClH.2Na/c1-5-7-9-11-13-15-17-19-21-23-24-25-26-27-29-31-33-35-37-39-41-43-44(3,4)42-40-38-36-34-32-30-28-22-20-18-16-14-12-10-8-6-2;1-2-3-4-5-6-7-8-9-10-11-12-13-14-15-16-20-21(17,18)19;1-2-3-4-5-6-7-8-9-10-11-12-16-17(13,14)15;1-4(2)3;;;/h5-43H2,1-4H3;2-16H2,1H3,(H,17,18,19);2-12H2,1H3,(H,13,14,15);1-3H3;1H;;/q+1;;;;;2*+1/p-3. The molecule has 0 aromatic heterocycles. The van der Waals surface area contributed by atoms with Crippen LogP contribution in [-0.2, 0) is 29.2 Å². The van der Waals surface area contributed by atoms with Crippen LogP contribution in [0, 0.1) is 0 Å². The summed E-state index contributed by atoms with van der Waals surface area (Å²) >= 11 is 0. The molecule has 0 spiro atoms. The van der Waals surface area contributed by atoms with E-state index in [1.165, 1.54) is 371 Å². The Kier molecular flexibility index (Phi) is 103. The monoisotopic (exact) mass is 1350 g/mol. The first-order chi connectivity index (χ1) is 41.5. The first kappa shape index (κ1) is 104. The van der Waals surface area contributed by atoms with E-state index >= 15 is 0 Å². The molecule has 0 aromatic carbocycles. The Morgan fingerprint density at radius 3 is 0.494 bits per heavy atom. The fraction of sp³-hybridized carbons (Fsp3) is 1.00. The number of nitrogens with zero attached hydrogens (tertiary/aromatic N) is 2. The third kappa shape index (κ3) is 118. The molecule has 0 aliphatic carbocycles. The van der Waals surface area contributed by atoms with Crippen LogP contribution < -0.4 is 71.5 Å². The van der Waals surface area contributed by atoms with Gasteiger partial charge in [-0.1, -0.05) is 381 Å². The topological polar surface area (TPSA) is 136 Å². The average molecular weight is 1350 g/mol.